The van der Waals surface area contributed by atoms with E-state index in [9.17, 15) is 4.79 Å². The predicted molar refractivity (Wildman–Crippen MR) is 112 cm³/mol. The van der Waals surface area contributed by atoms with Gasteiger partial charge < -0.3 is 31.9 Å². The van der Waals surface area contributed by atoms with Crippen molar-refractivity contribution in [1.82, 2.24) is 15.3 Å². The third-order valence-corrected chi connectivity index (χ3v) is 5.25. The van der Waals surface area contributed by atoms with E-state index in [0.29, 0.717) is 11.9 Å². The molecular weight excluding hydrogens is 372 g/mol. The molecule has 1 aliphatic heterocycles. The number of likely N-dealkylation sites (N-methyl/N-ethyl adjacent to an activating group) is 1. The minimum atomic E-state index is -1.11. The number of hydrogen-bond donors (Lipinski definition) is 5. The zero-order chi connectivity index (χ0) is 21.0. The number of nitrogen functional groups attached to an aromatic ring is 2. The van der Waals surface area contributed by atoms with Crippen LogP contribution in [0, 0.1) is 5.92 Å². The van der Waals surface area contributed by atoms with Crippen molar-refractivity contribution in [3.63, 3.8) is 0 Å². The standard InChI is InChI=1S/C13H22N6.C7H6O3/c1-16-9-4-5-19(7-9)12-10(6-8-2-3-8)11(14)17-13(15)18-12;8-6-4-2-1-3-5(6)7(9)10/h8-9,16H,2-7H2,1H3,(H4,14,15,17,18);1-4,8H,(H,9,10)/t9-;/m1./s1. The smallest absolute Gasteiger partial charge is 0.339 e. The molecule has 0 radical (unpaired) electrons. The fourth-order valence-corrected chi connectivity index (χ4v) is 3.42. The van der Waals surface area contributed by atoms with Crippen molar-refractivity contribution < 1.29 is 15.0 Å². The summed E-state index contributed by atoms with van der Waals surface area (Å²) in [5, 5.41) is 20.6. The SMILES string of the molecule is CN[C@@H]1CCN(c2nc(N)nc(N)c2CC2CC2)C1.O=C(O)c1ccccc1O. The third kappa shape index (κ3) is 5.26. The number of phenols is 1. The van der Waals surface area contributed by atoms with Gasteiger partial charge in [0.15, 0.2) is 0 Å². The summed E-state index contributed by atoms with van der Waals surface area (Å²) in [7, 11) is 2.00. The van der Waals surface area contributed by atoms with Gasteiger partial charge in [-0.15, -0.1) is 0 Å². The first-order chi connectivity index (χ1) is 13.9. The summed E-state index contributed by atoms with van der Waals surface area (Å²) in [5.41, 5.74) is 12.8. The first-order valence-corrected chi connectivity index (χ1v) is 9.74. The molecule has 1 saturated carbocycles. The van der Waals surface area contributed by atoms with Gasteiger partial charge in [-0.25, -0.2) is 4.79 Å². The van der Waals surface area contributed by atoms with Crippen molar-refractivity contribution in [1.29, 1.82) is 0 Å². The largest absolute Gasteiger partial charge is 0.507 e. The van der Waals surface area contributed by atoms with E-state index in [1.54, 1.807) is 12.1 Å². The molecule has 1 aromatic carbocycles. The molecule has 29 heavy (non-hydrogen) atoms. The van der Waals surface area contributed by atoms with Crippen LogP contribution in [-0.2, 0) is 6.42 Å². The number of aromatic hydroxyl groups is 1. The summed E-state index contributed by atoms with van der Waals surface area (Å²) in [6.45, 7) is 1.96. The van der Waals surface area contributed by atoms with Crippen LogP contribution in [-0.4, -0.2) is 52.3 Å². The van der Waals surface area contributed by atoms with E-state index in [-0.39, 0.29) is 17.3 Å². The Kier molecular flexibility index (Phi) is 6.38. The molecule has 0 amide bonds. The Morgan fingerprint density at radius 2 is 1.97 bits per heavy atom. The molecule has 1 atom stereocenters. The molecule has 1 aliphatic carbocycles. The summed E-state index contributed by atoms with van der Waals surface area (Å²) < 4.78 is 0. The number of aromatic nitrogens is 2. The number of rotatable bonds is 5. The molecular formula is C20H28N6O3. The van der Waals surface area contributed by atoms with Crippen LogP contribution in [0.2, 0.25) is 0 Å². The topological polar surface area (TPSA) is 151 Å². The van der Waals surface area contributed by atoms with E-state index < -0.39 is 5.97 Å². The lowest BCUT2D eigenvalue weighted by Gasteiger charge is -2.22. The zero-order valence-electron chi connectivity index (χ0n) is 16.5. The molecule has 156 valence electrons. The molecule has 0 spiro atoms. The first-order valence-electron chi connectivity index (χ1n) is 9.74. The van der Waals surface area contributed by atoms with Gasteiger partial charge in [0.05, 0.1) is 0 Å². The maximum atomic E-state index is 10.3. The van der Waals surface area contributed by atoms with E-state index in [1.165, 1.54) is 25.0 Å². The van der Waals surface area contributed by atoms with Crippen LogP contribution >= 0.6 is 0 Å². The molecule has 1 aromatic heterocycles. The first kappa shape index (κ1) is 20.7. The summed E-state index contributed by atoms with van der Waals surface area (Å²) >= 11 is 0. The Labute approximate surface area is 169 Å². The highest BCUT2D eigenvalue weighted by molar-refractivity contribution is 5.90. The van der Waals surface area contributed by atoms with Crippen molar-refractivity contribution >= 4 is 23.6 Å². The quantitative estimate of drug-likeness (QED) is 0.502. The summed E-state index contributed by atoms with van der Waals surface area (Å²) in [6.07, 6.45) is 4.70. The molecule has 2 aliphatic rings. The maximum absolute atomic E-state index is 10.3. The Bertz CT molecular complexity index is 871. The van der Waals surface area contributed by atoms with Crippen molar-refractivity contribution in [2.75, 3.05) is 36.5 Å². The van der Waals surface area contributed by atoms with Crippen LogP contribution < -0.4 is 21.7 Å². The summed E-state index contributed by atoms with van der Waals surface area (Å²) in [4.78, 5) is 21.1. The number of carboxylic acids is 1. The third-order valence-electron chi connectivity index (χ3n) is 5.25. The molecule has 0 unspecified atom stereocenters. The highest BCUT2D eigenvalue weighted by Crippen LogP contribution is 2.37. The maximum Gasteiger partial charge on any atom is 0.339 e. The minimum Gasteiger partial charge on any atom is -0.507 e. The monoisotopic (exact) mass is 400 g/mol. The number of nitrogens with two attached hydrogens (primary N) is 2. The van der Waals surface area contributed by atoms with Gasteiger partial charge in [0.1, 0.15) is 22.9 Å². The second-order valence-electron chi connectivity index (χ2n) is 7.46. The van der Waals surface area contributed by atoms with Crippen LogP contribution in [0.25, 0.3) is 0 Å². The number of aromatic carboxylic acids is 1. The number of anilines is 3. The molecule has 7 N–H and O–H groups in total. The Hall–Kier alpha value is -3.07. The predicted octanol–water partition coefficient (Wildman–Crippen LogP) is 1.48. The van der Waals surface area contributed by atoms with E-state index in [4.69, 9.17) is 21.7 Å². The van der Waals surface area contributed by atoms with Crippen LogP contribution in [0.5, 0.6) is 5.75 Å². The van der Waals surface area contributed by atoms with Gasteiger partial charge in [0.25, 0.3) is 0 Å². The molecule has 2 heterocycles. The van der Waals surface area contributed by atoms with Crippen molar-refractivity contribution in [2.45, 2.75) is 31.7 Å². The average molecular weight is 400 g/mol. The van der Waals surface area contributed by atoms with E-state index in [0.717, 1.165) is 43.2 Å². The summed E-state index contributed by atoms with van der Waals surface area (Å²) in [6, 6.07) is 6.33. The van der Waals surface area contributed by atoms with Crippen LogP contribution in [0.4, 0.5) is 17.6 Å². The second kappa shape index (κ2) is 8.95. The number of hydrogen-bond acceptors (Lipinski definition) is 8. The normalized spacial score (nSPS) is 18.2. The van der Waals surface area contributed by atoms with Gasteiger partial charge in [-0.3, -0.25) is 0 Å². The Morgan fingerprint density at radius 1 is 1.24 bits per heavy atom. The van der Waals surface area contributed by atoms with Gasteiger partial charge in [-0.1, -0.05) is 12.1 Å². The molecule has 1 saturated heterocycles. The number of nitrogens with one attached hydrogen (secondary N) is 1. The second-order valence-corrected chi connectivity index (χ2v) is 7.46. The molecule has 2 fully saturated rings. The molecule has 2 aromatic rings. The van der Waals surface area contributed by atoms with Crippen LogP contribution in [0.1, 0.15) is 35.2 Å². The van der Waals surface area contributed by atoms with Gasteiger partial charge in [0.2, 0.25) is 5.95 Å². The van der Waals surface area contributed by atoms with Gasteiger partial charge in [0, 0.05) is 24.7 Å². The van der Waals surface area contributed by atoms with E-state index in [2.05, 4.69) is 20.2 Å². The minimum absolute atomic E-state index is 0.0671. The van der Waals surface area contributed by atoms with Crippen molar-refractivity contribution in [3.05, 3.63) is 35.4 Å². The number of para-hydroxylation sites is 1. The van der Waals surface area contributed by atoms with Crippen molar-refractivity contribution in [2.24, 2.45) is 5.92 Å². The molecule has 9 nitrogen and oxygen atoms in total. The van der Waals surface area contributed by atoms with Gasteiger partial charge in [-0.2, -0.15) is 9.97 Å². The lowest BCUT2D eigenvalue weighted by molar-refractivity contribution is 0.0693. The van der Waals surface area contributed by atoms with E-state index >= 15 is 0 Å². The zero-order valence-corrected chi connectivity index (χ0v) is 16.5. The lowest BCUT2D eigenvalue weighted by Crippen LogP contribution is -2.30. The van der Waals surface area contributed by atoms with E-state index in [1.807, 2.05) is 7.05 Å². The fourth-order valence-electron chi connectivity index (χ4n) is 3.42. The van der Waals surface area contributed by atoms with Crippen molar-refractivity contribution in [3.8, 4) is 5.75 Å². The lowest BCUT2D eigenvalue weighted by atomic mass is 10.1. The Balaban J connectivity index is 0.000000204. The Morgan fingerprint density at radius 3 is 2.52 bits per heavy atom. The highest BCUT2D eigenvalue weighted by atomic mass is 16.4. The average Bonchev–Trinajstić information content (AvgIpc) is 3.37. The highest BCUT2D eigenvalue weighted by Gasteiger charge is 2.29. The summed E-state index contributed by atoms with van der Waals surface area (Å²) in [5.74, 6) is 1.24. The van der Waals surface area contributed by atoms with Crippen LogP contribution in [0.3, 0.4) is 0 Å². The molecule has 4 rings (SSSR count). The number of benzene rings is 1. The van der Waals surface area contributed by atoms with Crippen LogP contribution in [0.15, 0.2) is 24.3 Å². The number of nitrogens with zero attached hydrogens (tertiary/aromatic N) is 3. The van der Waals surface area contributed by atoms with Gasteiger partial charge in [-0.05, 0) is 50.8 Å². The van der Waals surface area contributed by atoms with Gasteiger partial charge >= 0.3 is 5.97 Å². The molecule has 0 bridgehead atoms. The fraction of sp³-hybridized carbons (Fsp3) is 0.450. The number of carbonyl (C=O) groups is 1. The molecule has 9 heteroatoms. The number of carboxylic acid groups (broad SMARTS) is 1.